The monoisotopic (exact) mass is 587 g/mol. The van der Waals surface area contributed by atoms with E-state index in [1.807, 2.05) is 63.2 Å². The fourth-order valence-electron chi connectivity index (χ4n) is 5.78. The van der Waals surface area contributed by atoms with E-state index in [2.05, 4.69) is 11.0 Å². The molecule has 0 aliphatic carbocycles. The van der Waals surface area contributed by atoms with Gasteiger partial charge in [-0.3, -0.25) is 14.6 Å². The van der Waals surface area contributed by atoms with Crippen molar-refractivity contribution in [1.29, 1.82) is 0 Å². The molecule has 3 heterocycles. The minimum Gasteiger partial charge on any atom is -0.497 e. The summed E-state index contributed by atoms with van der Waals surface area (Å²) in [5, 5.41) is 1.87. The number of amides is 4. The highest BCUT2D eigenvalue weighted by molar-refractivity contribution is 6.11. The van der Waals surface area contributed by atoms with Crippen LogP contribution in [0.5, 0.6) is 5.75 Å². The number of anilines is 2. The van der Waals surface area contributed by atoms with Gasteiger partial charge in [-0.1, -0.05) is 24.3 Å². The molecule has 2 aliphatic heterocycles. The van der Waals surface area contributed by atoms with E-state index in [-0.39, 0.29) is 43.6 Å². The maximum Gasteiger partial charge on any atom is 0.410 e. The number of carbonyl (C=O) groups excluding carboxylic acids is 3. The predicted molar refractivity (Wildman–Crippen MR) is 167 cm³/mol. The van der Waals surface area contributed by atoms with Crippen LogP contribution in [0.4, 0.5) is 21.1 Å². The molecule has 0 saturated carbocycles. The Morgan fingerprint density at radius 3 is 2.42 bits per heavy atom. The number of hydrogen-bond donors (Lipinski definition) is 0. The van der Waals surface area contributed by atoms with Crippen LogP contribution in [0.1, 0.15) is 45.6 Å². The minimum atomic E-state index is -0.542. The minimum absolute atomic E-state index is 0.0765. The zero-order valence-electron chi connectivity index (χ0n) is 25.7. The molecule has 0 atom stereocenters. The number of carbonyl (C=O) groups is 3. The van der Waals surface area contributed by atoms with Gasteiger partial charge in [0.25, 0.3) is 0 Å². The number of nitrogens with zero attached hydrogens (tertiary/aromatic N) is 5. The van der Waals surface area contributed by atoms with Crippen LogP contribution < -0.4 is 14.5 Å². The van der Waals surface area contributed by atoms with Gasteiger partial charge < -0.3 is 19.3 Å². The lowest BCUT2D eigenvalue weighted by molar-refractivity contribution is -0.128. The average Bonchev–Trinajstić information content (AvgIpc) is 2.99. The van der Waals surface area contributed by atoms with Gasteiger partial charge in [0.2, 0.25) is 5.91 Å². The number of pyridine rings is 1. The first kappa shape index (κ1) is 30.1. The number of benzene rings is 2. The molecule has 2 fully saturated rings. The highest BCUT2D eigenvalue weighted by Gasteiger charge is 2.35. The maximum atomic E-state index is 13.8. The van der Waals surface area contributed by atoms with Gasteiger partial charge >= 0.3 is 12.1 Å². The SMILES string of the molecule is COc1ccc(CCN2C(=O)CCN(c3nccc4cccc(N5CCC(N(C)C(=O)OC(C)(C)C)CC5)c34)C2=O)cc1. The third kappa shape index (κ3) is 6.68. The van der Waals surface area contributed by atoms with Crippen LogP contribution in [0, 0.1) is 0 Å². The topological polar surface area (TPSA) is 95.5 Å². The predicted octanol–water partition coefficient (Wildman–Crippen LogP) is 5.48. The Morgan fingerprint density at radius 2 is 1.74 bits per heavy atom. The van der Waals surface area contributed by atoms with Crippen LogP contribution in [0.15, 0.2) is 54.7 Å². The Balaban J connectivity index is 1.34. The first-order valence-corrected chi connectivity index (χ1v) is 14.9. The largest absolute Gasteiger partial charge is 0.497 e. The summed E-state index contributed by atoms with van der Waals surface area (Å²) < 4.78 is 10.8. The van der Waals surface area contributed by atoms with E-state index in [0.29, 0.717) is 12.2 Å². The quantitative estimate of drug-likeness (QED) is 0.361. The van der Waals surface area contributed by atoms with Gasteiger partial charge in [-0.05, 0) is 75.2 Å². The molecule has 1 aromatic heterocycles. The number of imide groups is 1. The molecule has 0 spiro atoms. The number of aromatic nitrogens is 1. The van der Waals surface area contributed by atoms with Gasteiger partial charge in [0.15, 0.2) is 0 Å². The van der Waals surface area contributed by atoms with E-state index in [4.69, 9.17) is 14.5 Å². The van der Waals surface area contributed by atoms with Crippen molar-refractivity contribution < 1.29 is 23.9 Å². The molecular formula is C33H41N5O5. The van der Waals surface area contributed by atoms with Crippen LogP contribution in [0.25, 0.3) is 10.8 Å². The van der Waals surface area contributed by atoms with E-state index >= 15 is 0 Å². The molecule has 0 N–H and O–H groups in total. The second-order valence-corrected chi connectivity index (χ2v) is 12.1. The number of piperidine rings is 1. The van der Waals surface area contributed by atoms with Crippen molar-refractivity contribution in [3.8, 4) is 5.75 Å². The highest BCUT2D eigenvalue weighted by atomic mass is 16.6. The molecule has 4 amide bonds. The van der Waals surface area contributed by atoms with E-state index in [9.17, 15) is 14.4 Å². The van der Waals surface area contributed by atoms with Crippen molar-refractivity contribution in [2.24, 2.45) is 0 Å². The number of rotatable bonds is 7. The van der Waals surface area contributed by atoms with Crippen LogP contribution in [-0.2, 0) is 16.0 Å². The summed E-state index contributed by atoms with van der Waals surface area (Å²) in [5.41, 5.74) is 1.47. The zero-order valence-corrected chi connectivity index (χ0v) is 25.7. The summed E-state index contributed by atoms with van der Waals surface area (Å²) in [7, 11) is 3.42. The molecule has 5 rings (SSSR count). The zero-order chi connectivity index (χ0) is 30.7. The van der Waals surface area contributed by atoms with Crippen molar-refractivity contribution >= 4 is 40.3 Å². The highest BCUT2D eigenvalue weighted by Crippen LogP contribution is 2.36. The number of methoxy groups -OCH3 is 1. The van der Waals surface area contributed by atoms with Gasteiger partial charge in [-0.2, -0.15) is 0 Å². The molecule has 2 saturated heterocycles. The van der Waals surface area contributed by atoms with Gasteiger partial charge in [0, 0.05) is 63.0 Å². The summed E-state index contributed by atoms with van der Waals surface area (Å²) in [6, 6.07) is 15.4. The van der Waals surface area contributed by atoms with Gasteiger partial charge in [0.1, 0.15) is 17.2 Å². The molecule has 10 heteroatoms. The summed E-state index contributed by atoms with van der Waals surface area (Å²) in [5.74, 6) is 1.15. The smallest absolute Gasteiger partial charge is 0.410 e. The molecule has 0 bridgehead atoms. The molecule has 3 aromatic rings. The second-order valence-electron chi connectivity index (χ2n) is 12.1. The molecule has 10 nitrogen and oxygen atoms in total. The number of ether oxygens (including phenoxy) is 2. The van der Waals surface area contributed by atoms with Crippen molar-refractivity contribution in [2.45, 2.75) is 58.1 Å². The lowest BCUT2D eigenvalue weighted by Gasteiger charge is -2.39. The summed E-state index contributed by atoms with van der Waals surface area (Å²) in [4.78, 5) is 51.0. The molecule has 2 aromatic carbocycles. The summed E-state index contributed by atoms with van der Waals surface area (Å²) in [6.45, 7) is 7.66. The Hall–Kier alpha value is -4.34. The molecule has 0 unspecified atom stereocenters. The fraction of sp³-hybridized carbons (Fsp3) is 0.455. The molecular weight excluding hydrogens is 546 g/mol. The normalized spacial score (nSPS) is 16.5. The van der Waals surface area contributed by atoms with Gasteiger partial charge in [-0.15, -0.1) is 0 Å². The Bertz CT molecular complexity index is 1470. The maximum absolute atomic E-state index is 13.8. The van der Waals surface area contributed by atoms with Crippen molar-refractivity contribution in [3.05, 3.63) is 60.3 Å². The lowest BCUT2D eigenvalue weighted by Crippen LogP contribution is -2.53. The Kier molecular flexibility index (Phi) is 8.75. The van der Waals surface area contributed by atoms with Crippen LogP contribution in [0.3, 0.4) is 0 Å². The third-order valence-corrected chi connectivity index (χ3v) is 8.13. The number of hydrogen-bond acceptors (Lipinski definition) is 7. The molecule has 228 valence electrons. The molecule has 2 aliphatic rings. The van der Waals surface area contributed by atoms with Crippen LogP contribution >= 0.6 is 0 Å². The summed E-state index contributed by atoms with van der Waals surface area (Å²) in [6.07, 6.45) is 3.77. The van der Waals surface area contributed by atoms with Gasteiger partial charge in [-0.25, -0.2) is 14.6 Å². The lowest BCUT2D eigenvalue weighted by atomic mass is 10.0. The van der Waals surface area contributed by atoms with E-state index in [1.54, 1.807) is 30.2 Å². The van der Waals surface area contributed by atoms with Gasteiger partial charge in [0.05, 0.1) is 7.11 Å². The van der Waals surface area contributed by atoms with E-state index in [1.165, 1.54) is 4.90 Å². The standard InChI is InChI=1S/C33H41N5O5/c1-33(2,3)43-32(41)35(4)25-15-19-36(20-16-25)27-8-6-7-24-13-18-34-30(29(24)27)38-22-17-28(39)37(31(38)40)21-14-23-9-11-26(42-5)12-10-23/h6-13,18,25H,14-17,19-22H2,1-5H3. The molecule has 0 radical (unpaired) electrons. The van der Waals surface area contributed by atoms with Crippen molar-refractivity contribution in [3.63, 3.8) is 0 Å². The average molecular weight is 588 g/mol. The second kappa shape index (κ2) is 12.5. The Labute approximate surface area is 253 Å². The number of fused-ring (bicyclic) bond motifs is 1. The first-order chi connectivity index (χ1) is 20.6. The summed E-state index contributed by atoms with van der Waals surface area (Å²) >= 11 is 0. The first-order valence-electron chi connectivity index (χ1n) is 14.9. The third-order valence-electron chi connectivity index (χ3n) is 8.13. The van der Waals surface area contributed by atoms with Crippen molar-refractivity contribution in [2.75, 3.05) is 50.1 Å². The van der Waals surface area contributed by atoms with E-state index < -0.39 is 5.60 Å². The van der Waals surface area contributed by atoms with E-state index in [0.717, 1.165) is 53.7 Å². The number of urea groups is 1. The van der Waals surface area contributed by atoms with Crippen LogP contribution in [-0.4, -0.2) is 84.8 Å². The van der Waals surface area contributed by atoms with Crippen molar-refractivity contribution in [1.82, 2.24) is 14.8 Å². The fourth-order valence-corrected chi connectivity index (χ4v) is 5.78. The molecule has 43 heavy (non-hydrogen) atoms. The van der Waals surface area contributed by atoms with Crippen LogP contribution in [0.2, 0.25) is 0 Å². The Morgan fingerprint density at radius 1 is 1.02 bits per heavy atom.